The zero-order chi connectivity index (χ0) is 40.6. The summed E-state index contributed by atoms with van der Waals surface area (Å²) >= 11 is 0. The van der Waals surface area contributed by atoms with Gasteiger partial charge in [0.05, 0.1) is 36.9 Å². The van der Waals surface area contributed by atoms with E-state index in [9.17, 15) is 32.7 Å². The molecule has 17 heteroatoms. The molecule has 2 aromatic carbocycles. The van der Waals surface area contributed by atoms with E-state index in [-0.39, 0.29) is 31.2 Å². The molecule has 57 heavy (non-hydrogen) atoms. The zero-order valence-electron chi connectivity index (χ0n) is 32.3. The smallest absolute Gasteiger partial charge is 0.405 e. The highest BCUT2D eigenvalue weighted by Crippen LogP contribution is 2.46. The molecule has 16 nitrogen and oxygen atoms in total. The molecule has 4 aliphatic rings. The third kappa shape index (κ3) is 8.48. The molecule has 0 unspecified atom stereocenters. The predicted octanol–water partition coefficient (Wildman–Crippen LogP) is 3.79. The zero-order valence-corrected chi connectivity index (χ0v) is 33.1. The van der Waals surface area contributed by atoms with Gasteiger partial charge in [0.25, 0.3) is 5.91 Å². The van der Waals surface area contributed by atoms with Crippen molar-refractivity contribution < 1.29 is 46.9 Å². The lowest BCUT2D eigenvalue weighted by atomic mass is 9.88. The Labute approximate surface area is 330 Å². The first-order valence-corrected chi connectivity index (χ1v) is 20.8. The molecule has 2 aliphatic heterocycles. The van der Waals surface area contributed by atoms with Crippen LogP contribution in [0, 0.1) is 17.8 Å². The number of aromatic nitrogens is 2. The summed E-state index contributed by atoms with van der Waals surface area (Å²) in [6.07, 6.45) is 4.47. The Balaban J connectivity index is 1.25. The lowest BCUT2D eigenvalue weighted by Gasteiger charge is -2.32. The Morgan fingerprint density at radius 1 is 0.982 bits per heavy atom. The van der Waals surface area contributed by atoms with Gasteiger partial charge in [-0.05, 0) is 86.8 Å². The number of nitrogens with one attached hydrogen (secondary N) is 3. The molecule has 1 aromatic heterocycles. The van der Waals surface area contributed by atoms with E-state index in [1.807, 2.05) is 19.1 Å². The molecule has 304 valence electrons. The number of hydrogen-bond acceptors (Lipinski definition) is 11. The SMILES string of the molecule is COc1ccc(-c2nc(O[C@@H]3C[C@H]4C(=O)N[C@]5(C(=O)NS(=O)(=O)C6CC6)C[C@@H]5/C=C\CC[C@@H](C)C[C@@H](C)[C@H](NC(=O)O)C(=O)N4C3)c3ccc(OC)cc3n2)cc1. The van der Waals surface area contributed by atoms with Crippen molar-refractivity contribution in [1.82, 2.24) is 30.2 Å². The Bertz CT molecular complexity index is 2200. The molecular formula is C40H48N6O10S. The van der Waals surface area contributed by atoms with Crippen molar-refractivity contribution in [2.75, 3.05) is 20.8 Å². The number of rotatable bonds is 9. The predicted molar refractivity (Wildman–Crippen MR) is 208 cm³/mol. The van der Waals surface area contributed by atoms with Crippen LogP contribution in [0.2, 0.25) is 0 Å². The van der Waals surface area contributed by atoms with Gasteiger partial charge in [0.15, 0.2) is 5.82 Å². The highest BCUT2D eigenvalue weighted by atomic mass is 32.2. The number of hydrogen-bond donors (Lipinski definition) is 4. The summed E-state index contributed by atoms with van der Waals surface area (Å²) in [6, 6.07) is 9.99. The van der Waals surface area contributed by atoms with Crippen LogP contribution < -0.4 is 29.6 Å². The fraction of sp³-hybridized carbons (Fsp3) is 0.500. The van der Waals surface area contributed by atoms with Crippen LogP contribution in [0.4, 0.5) is 4.79 Å². The van der Waals surface area contributed by atoms with E-state index in [1.165, 1.54) is 4.90 Å². The summed E-state index contributed by atoms with van der Waals surface area (Å²) < 4.78 is 45.3. The molecule has 0 radical (unpaired) electrons. The van der Waals surface area contributed by atoms with E-state index in [0.717, 1.165) is 6.42 Å². The maximum atomic E-state index is 14.6. The molecule has 7 atom stereocenters. The van der Waals surface area contributed by atoms with E-state index >= 15 is 0 Å². The Kier molecular flexibility index (Phi) is 11.0. The van der Waals surface area contributed by atoms with Gasteiger partial charge >= 0.3 is 6.09 Å². The average molecular weight is 805 g/mol. The molecule has 3 heterocycles. The van der Waals surface area contributed by atoms with Crippen molar-refractivity contribution in [2.45, 2.75) is 87.8 Å². The van der Waals surface area contributed by atoms with Gasteiger partial charge in [-0.2, -0.15) is 4.98 Å². The molecule has 4 amide bonds. The Hall–Kier alpha value is -5.45. The largest absolute Gasteiger partial charge is 0.497 e. The second-order valence-electron chi connectivity index (χ2n) is 15.6. The lowest BCUT2D eigenvalue weighted by molar-refractivity contribution is -0.142. The molecule has 0 bridgehead atoms. The van der Waals surface area contributed by atoms with Crippen molar-refractivity contribution in [3.63, 3.8) is 0 Å². The lowest BCUT2D eigenvalue weighted by Crippen LogP contribution is -2.59. The normalized spacial score (nSPS) is 28.5. The van der Waals surface area contributed by atoms with Crippen molar-refractivity contribution in [3.8, 4) is 28.8 Å². The summed E-state index contributed by atoms with van der Waals surface area (Å²) in [5.74, 6) is -1.22. The minimum Gasteiger partial charge on any atom is -0.497 e. The quantitative estimate of drug-likeness (QED) is 0.228. The molecule has 3 aromatic rings. The van der Waals surface area contributed by atoms with E-state index in [2.05, 4.69) is 15.4 Å². The standard InChI is InChI=1S/C40H48N6O10S/c1-22-7-5-6-8-25-20-40(25,38(49)45-57(52,53)29-14-15-29)44-35(47)32-19-28(21-46(32)37(48)33(23(2)17-22)42-39(50)51)56-36-30-16-13-27(55-4)18-31(30)41-34(43-36)24-9-11-26(54-3)12-10-24/h6,8-13,16,18,22-23,25,28-29,32-33,42H,5,7,14-15,17,19-21H2,1-4H3,(H,44,47)(H,45,49)(H,50,51)/b8-6-/t22-,23-,25+,28-,32+,33+,40-/m1/s1. The summed E-state index contributed by atoms with van der Waals surface area (Å²) in [5.41, 5.74) is -0.372. The number of nitrogens with zero attached hydrogens (tertiary/aromatic N) is 3. The summed E-state index contributed by atoms with van der Waals surface area (Å²) in [6.45, 7) is 3.71. The minimum absolute atomic E-state index is 0.0414. The maximum absolute atomic E-state index is 14.6. The second-order valence-corrected chi connectivity index (χ2v) is 17.6. The van der Waals surface area contributed by atoms with Crippen molar-refractivity contribution >= 4 is 44.7 Å². The van der Waals surface area contributed by atoms with Gasteiger partial charge in [-0.25, -0.2) is 18.2 Å². The van der Waals surface area contributed by atoms with Gasteiger partial charge in [0.1, 0.15) is 35.2 Å². The molecule has 3 fully saturated rings. The summed E-state index contributed by atoms with van der Waals surface area (Å²) in [5, 5.41) is 15.0. The minimum atomic E-state index is -3.93. The summed E-state index contributed by atoms with van der Waals surface area (Å²) in [4.78, 5) is 65.7. The Morgan fingerprint density at radius 3 is 2.39 bits per heavy atom. The van der Waals surface area contributed by atoms with Crippen LogP contribution >= 0.6 is 0 Å². The number of carboxylic acid groups (broad SMARTS) is 1. The summed E-state index contributed by atoms with van der Waals surface area (Å²) in [7, 11) is -0.825. The van der Waals surface area contributed by atoms with Crippen LogP contribution in [-0.2, 0) is 24.4 Å². The first-order chi connectivity index (χ1) is 27.2. The fourth-order valence-corrected chi connectivity index (χ4v) is 9.32. The molecule has 2 saturated carbocycles. The maximum Gasteiger partial charge on any atom is 0.405 e. The van der Waals surface area contributed by atoms with Crippen LogP contribution in [0.3, 0.4) is 0 Å². The first kappa shape index (κ1) is 39.8. The van der Waals surface area contributed by atoms with Crippen LogP contribution in [0.25, 0.3) is 22.3 Å². The highest BCUT2D eigenvalue weighted by Gasteiger charge is 2.62. The third-order valence-corrected chi connectivity index (χ3v) is 13.2. The van der Waals surface area contributed by atoms with Crippen LogP contribution in [0.15, 0.2) is 54.6 Å². The second kappa shape index (κ2) is 15.8. The molecule has 0 spiro atoms. The number of allylic oxidation sites excluding steroid dienone is 1. The van der Waals surface area contributed by atoms with Crippen LogP contribution in [0.1, 0.15) is 58.8 Å². The molecular weight excluding hydrogens is 757 g/mol. The van der Waals surface area contributed by atoms with Gasteiger partial charge in [-0.15, -0.1) is 0 Å². The van der Waals surface area contributed by atoms with Crippen LogP contribution in [0.5, 0.6) is 17.4 Å². The number of sulfonamides is 1. The number of amides is 4. The van der Waals surface area contributed by atoms with E-state index in [4.69, 9.17) is 24.2 Å². The molecule has 7 rings (SSSR count). The molecule has 1 saturated heterocycles. The van der Waals surface area contributed by atoms with E-state index in [1.54, 1.807) is 63.6 Å². The van der Waals surface area contributed by atoms with Gasteiger partial charge in [0.2, 0.25) is 27.7 Å². The van der Waals surface area contributed by atoms with Gasteiger partial charge in [-0.1, -0.05) is 26.0 Å². The van der Waals surface area contributed by atoms with E-state index in [0.29, 0.717) is 59.5 Å². The number of carbonyl (C=O) groups is 4. The topological polar surface area (TPSA) is 215 Å². The van der Waals surface area contributed by atoms with Crippen molar-refractivity contribution in [1.29, 1.82) is 0 Å². The highest BCUT2D eigenvalue weighted by molar-refractivity contribution is 7.91. The van der Waals surface area contributed by atoms with Crippen molar-refractivity contribution in [3.05, 3.63) is 54.6 Å². The molecule has 4 N–H and O–H groups in total. The molecule has 2 aliphatic carbocycles. The van der Waals surface area contributed by atoms with E-state index < -0.39 is 74.7 Å². The number of benzene rings is 2. The number of methoxy groups -OCH3 is 2. The van der Waals surface area contributed by atoms with Gasteiger partial charge in [0, 0.05) is 24.0 Å². The number of fused-ring (bicyclic) bond motifs is 3. The Morgan fingerprint density at radius 2 is 1.70 bits per heavy atom. The third-order valence-electron chi connectivity index (χ3n) is 11.4. The number of carbonyl (C=O) groups excluding carboxylic acids is 3. The van der Waals surface area contributed by atoms with Crippen LogP contribution in [-0.4, -0.2) is 102 Å². The first-order valence-electron chi connectivity index (χ1n) is 19.2. The number of ether oxygens (including phenoxy) is 3. The van der Waals surface area contributed by atoms with Gasteiger partial charge in [-0.3, -0.25) is 19.1 Å². The van der Waals surface area contributed by atoms with Crippen molar-refractivity contribution in [2.24, 2.45) is 17.8 Å². The van der Waals surface area contributed by atoms with Gasteiger partial charge < -0.3 is 34.9 Å². The monoisotopic (exact) mass is 804 g/mol. The average Bonchev–Trinajstić information content (AvgIpc) is 4.11. The fourth-order valence-electron chi connectivity index (χ4n) is 7.95.